The number of hydrogen-bond donors (Lipinski definition) is 1. The summed E-state index contributed by atoms with van der Waals surface area (Å²) < 4.78 is 5.82. The number of Topliss-reactive ketones (excluding diaryl/α,β-unsaturated/α-hetero) is 1. The average molecular weight is 336 g/mol. The van der Waals surface area contributed by atoms with Gasteiger partial charge in [-0.15, -0.1) is 0 Å². The summed E-state index contributed by atoms with van der Waals surface area (Å²) in [4.78, 5) is 18.7. The van der Waals surface area contributed by atoms with Crippen molar-refractivity contribution in [3.05, 3.63) is 59.2 Å². The molecular formula is C20H20N2O3. The molecule has 0 saturated heterocycles. The van der Waals surface area contributed by atoms with Gasteiger partial charge in [-0.2, -0.15) is 0 Å². The van der Waals surface area contributed by atoms with Crippen molar-refractivity contribution in [2.24, 2.45) is 4.99 Å². The second kappa shape index (κ2) is 6.78. The van der Waals surface area contributed by atoms with E-state index in [1.54, 1.807) is 12.1 Å². The fraction of sp³-hybridized carbons (Fsp3) is 0.300. The van der Waals surface area contributed by atoms with Gasteiger partial charge in [0.25, 0.3) is 0 Å². The van der Waals surface area contributed by atoms with Crippen LogP contribution in [0.1, 0.15) is 21.5 Å². The van der Waals surface area contributed by atoms with Crippen molar-refractivity contribution in [1.29, 1.82) is 0 Å². The van der Waals surface area contributed by atoms with Crippen LogP contribution in [-0.2, 0) is 13.0 Å². The Hall–Kier alpha value is -2.50. The van der Waals surface area contributed by atoms with E-state index in [0.717, 1.165) is 43.1 Å². The number of aliphatic hydroxyl groups is 1. The van der Waals surface area contributed by atoms with E-state index < -0.39 is 6.61 Å². The third-order valence-electron chi connectivity index (χ3n) is 4.66. The standard InChI is InChI=1S/C20H20N2O3/c23-13-19(24)15-5-6-16-11-22(7-8-25-20(16)10-15)12-17-9-14-3-1-2-4-18(14)21-17/h1-6,10,23H,7-9,11-13H2. The minimum atomic E-state index is -0.481. The van der Waals surface area contributed by atoms with Gasteiger partial charge >= 0.3 is 0 Å². The first kappa shape index (κ1) is 16.0. The number of carbonyl (C=O) groups is 1. The molecule has 4 rings (SSSR count). The Morgan fingerprint density at radius 3 is 2.92 bits per heavy atom. The third kappa shape index (κ3) is 3.34. The number of hydrogen-bond acceptors (Lipinski definition) is 5. The van der Waals surface area contributed by atoms with Crippen LogP contribution in [0.3, 0.4) is 0 Å². The highest BCUT2D eigenvalue weighted by atomic mass is 16.5. The number of nitrogens with zero attached hydrogens (tertiary/aromatic N) is 2. The fourth-order valence-corrected chi connectivity index (χ4v) is 3.37. The van der Waals surface area contributed by atoms with E-state index in [1.165, 1.54) is 11.3 Å². The first-order chi connectivity index (χ1) is 12.2. The molecule has 5 nitrogen and oxygen atoms in total. The summed E-state index contributed by atoms with van der Waals surface area (Å²) in [6.45, 7) is 2.48. The lowest BCUT2D eigenvalue weighted by molar-refractivity contribution is 0.0903. The Labute approximate surface area is 146 Å². The molecule has 0 aliphatic carbocycles. The molecule has 0 amide bonds. The van der Waals surface area contributed by atoms with E-state index in [2.05, 4.69) is 23.1 Å². The van der Waals surface area contributed by atoms with Crippen molar-refractivity contribution < 1.29 is 14.6 Å². The Kier molecular flexibility index (Phi) is 4.34. The summed E-state index contributed by atoms with van der Waals surface area (Å²) >= 11 is 0. The van der Waals surface area contributed by atoms with Crippen LogP contribution >= 0.6 is 0 Å². The number of para-hydroxylation sites is 1. The molecule has 0 bridgehead atoms. The largest absolute Gasteiger partial charge is 0.492 e. The van der Waals surface area contributed by atoms with Crippen molar-refractivity contribution >= 4 is 17.2 Å². The van der Waals surface area contributed by atoms with E-state index in [0.29, 0.717) is 12.2 Å². The van der Waals surface area contributed by atoms with Gasteiger partial charge in [0, 0.05) is 42.9 Å². The molecule has 2 aliphatic heterocycles. The molecule has 0 fully saturated rings. The second-order valence-electron chi connectivity index (χ2n) is 6.45. The number of carbonyl (C=O) groups excluding carboxylic acids is 1. The second-order valence-corrected chi connectivity index (χ2v) is 6.45. The molecule has 128 valence electrons. The monoisotopic (exact) mass is 336 g/mol. The van der Waals surface area contributed by atoms with Crippen LogP contribution < -0.4 is 4.74 Å². The summed E-state index contributed by atoms with van der Waals surface area (Å²) in [6, 6.07) is 13.7. The molecule has 0 saturated carbocycles. The molecule has 2 heterocycles. The smallest absolute Gasteiger partial charge is 0.188 e. The van der Waals surface area contributed by atoms with E-state index in [-0.39, 0.29) is 5.78 Å². The van der Waals surface area contributed by atoms with Gasteiger partial charge in [-0.25, -0.2) is 0 Å². The molecule has 1 N–H and O–H groups in total. The summed E-state index contributed by atoms with van der Waals surface area (Å²) in [5, 5.41) is 9.01. The normalized spacial score (nSPS) is 16.4. The van der Waals surface area contributed by atoms with Crippen molar-refractivity contribution in [3.8, 4) is 5.75 Å². The molecule has 5 heteroatoms. The number of aliphatic imine (C=N–C) groups is 1. The average Bonchev–Trinajstić information content (AvgIpc) is 2.93. The molecule has 0 unspecified atom stereocenters. The number of ether oxygens (including phenoxy) is 1. The minimum absolute atomic E-state index is 0.287. The Morgan fingerprint density at radius 1 is 1.20 bits per heavy atom. The highest BCUT2D eigenvalue weighted by molar-refractivity contribution is 5.97. The van der Waals surface area contributed by atoms with Gasteiger partial charge in [-0.05, 0) is 17.7 Å². The maximum atomic E-state index is 11.7. The van der Waals surface area contributed by atoms with Crippen LogP contribution in [0.2, 0.25) is 0 Å². The number of fused-ring (bicyclic) bond motifs is 2. The van der Waals surface area contributed by atoms with E-state index in [9.17, 15) is 4.79 Å². The topological polar surface area (TPSA) is 62.1 Å². The summed E-state index contributed by atoms with van der Waals surface area (Å²) in [6.07, 6.45) is 0.907. The van der Waals surface area contributed by atoms with E-state index in [4.69, 9.17) is 14.8 Å². The molecule has 2 aromatic rings. The molecule has 0 atom stereocenters. The molecule has 25 heavy (non-hydrogen) atoms. The molecule has 0 spiro atoms. The van der Waals surface area contributed by atoms with Gasteiger partial charge in [0.2, 0.25) is 0 Å². The Balaban J connectivity index is 1.48. The number of aliphatic hydroxyl groups excluding tert-OH is 1. The van der Waals surface area contributed by atoms with E-state index >= 15 is 0 Å². The Morgan fingerprint density at radius 2 is 2.08 bits per heavy atom. The zero-order valence-corrected chi connectivity index (χ0v) is 13.9. The van der Waals surface area contributed by atoms with Crippen LogP contribution in [0.4, 0.5) is 5.69 Å². The molecule has 0 radical (unpaired) electrons. The van der Waals surface area contributed by atoms with Crippen LogP contribution in [0.5, 0.6) is 5.75 Å². The number of rotatable bonds is 4. The van der Waals surface area contributed by atoms with Gasteiger partial charge in [-0.3, -0.25) is 14.7 Å². The predicted octanol–water partition coefficient (Wildman–Crippen LogP) is 2.38. The predicted molar refractivity (Wildman–Crippen MR) is 95.9 cm³/mol. The van der Waals surface area contributed by atoms with E-state index in [1.807, 2.05) is 12.1 Å². The van der Waals surface area contributed by atoms with Gasteiger partial charge in [0.1, 0.15) is 19.0 Å². The SMILES string of the molecule is O=C(CO)c1ccc2c(c1)OCCN(CC1=Nc3ccccc3C1)C2. The lowest BCUT2D eigenvalue weighted by Gasteiger charge is -2.19. The zero-order chi connectivity index (χ0) is 17.2. The highest BCUT2D eigenvalue weighted by Crippen LogP contribution is 2.28. The number of benzene rings is 2. The van der Waals surface area contributed by atoms with Crippen LogP contribution in [0, 0.1) is 0 Å². The zero-order valence-electron chi connectivity index (χ0n) is 13.9. The maximum absolute atomic E-state index is 11.7. The first-order valence-electron chi connectivity index (χ1n) is 8.49. The maximum Gasteiger partial charge on any atom is 0.188 e. The van der Waals surface area contributed by atoms with Gasteiger partial charge in [-0.1, -0.05) is 30.3 Å². The summed E-state index contributed by atoms with van der Waals surface area (Å²) in [7, 11) is 0. The van der Waals surface area contributed by atoms with Crippen LogP contribution in [0.25, 0.3) is 0 Å². The summed E-state index contributed by atoms with van der Waals surface area (Å²) in [5.74, 6) is 0.448. The molecule has 0 aromatic heterocycles. The lowest BCUT2D eigenvalue weighted by atomic mass is 10.1. The molecule has 2 aliphatic rings. The van der Waals surface area contributed by atoms with Crippen LogP contribution in [0.15, 0.2) is 47.5 Å². The fourth-order valence-electron chi connectivity index (χ4n) is 3.37. The first-order valence-corrected chi connectivity index (χ1v) is 8.49. The third-order valence-corrected chi connectivity index (χ3v) is 4.66. The van der Waals surface area contributed by atoms with Crippen molar-refractivity contribution in [1.82, 2.24) is 4.90 Å². The number of ketones is 1. The van der Waals surface area contributed by atoms with Gasteiger partial charge in [0.15, 0.2) is 5.78 Å². The van der Waals surface area contributed by atoms with Gasteiger partial charge in [0.05, 0.1) is 5.69 Å². The van der Waals surface area contributed by atoms with Crippen LogP contribution in [-0.4, -0.2) is 47.8 Å². The quantitative estimate of drug-likeness (QED) is 0.871. The lowest BCUT2D eigenvalue weighted by Crippen LogP contribution is -2.31. The minimum Gasteiger partial charge on any atom is -0.492 e. The van der Waals surface area contributed by atoms with Crippen molar-refractivity contribution in [2.75, 3.05) is 26.3 Å². The van der Waals surface area contributed by atoms with Gasteiger partial charge < -0.3 is 9.84 Å². The molecular weight excluding hydrogens is 316 g/mol. The highest BCUT2D eigenvalue weighted by Gasteiger charge is 2.21. The Bertz CT molecular complexity index is 845. The summed E-state index contributed by atoms with van der Waals surface area (Å²) in [5.41, 5.74) is 5.09. The van der Waals surface area contributed by atoms with Crippen molar-refractivity contribution in [2.45, 2.75) is 13.0 Å². The molecule has 2 aromatic carbocycles. The van der Waals surface area contributed by atoms with Crippen molar-refractivity contribution in [3.63, 3.8) is 0 Å².